The van der Waals surface area contributed by atoms with Crippen LogP contribution in [0.15, 0.2) is 24.3 Å². The van der Waals surface area contributed by atoms with E-state index in [1.165, 1.54) is 6.07 Å². The summed E-state index contributed by atoms with van der Waals surface area (Å²) >= 11 is 0. The quantitative estimate of drug-likeness (QED) is 0.619. The highest BCUT2D eigenvalue weighted by Gasteiger charge is 2.03. The Morgan fingerprint density at radius 3 is 2.18 bits per heavy atom. The number of carboxylic acids is 1. The van der Waals surface area contributed by atoms with Crippen molar-refractivity contribution in [1.29, 1.82) is 0 Å². The summed E-state index contributed by atoms with van der Waals surface area (Å²) in [6, 6.07) is 6.36. The number of nitrogen functional groups attached to an aromatic ring is 1. The number of hydrogen-bond acceptors (Lipinski definition) is 5. The van der Waals surface area contributed by atoms with Crippen LogP contribution in [0, 0.1) is 0 Å². The molecule has 0 saturated heterocycles. The summed E-state index contributed by atoms with van der Waals surface area (Å²) in [5, 5.41) is 8.49. The molecule has 6 nitrogen and oxygen atoms in total. The molecule has 0 unspecified atom stereocenters. The Balaban J connectivity index is 0.000000325. The molecule has 0 spiro atoms. The number of carbonyl (C=O) groups is 1. The average molecular weight is 261 g/mol. The highest BCUT2D eigenvalue weighted by Crippen LogP contribution is 2.08. The van der Waals surface area contributed by atoms with Gasteiger partial charge in [0.1, 0.15) is 0 Å². The van der Waals surface area contributed by atoms with Gasteiger partial charge in [0.25, 0.3) is 10.1 Å². The lowest BCUT2D eigenvalue weighted by Crippen LogP contribution is -2.00. The largest absolute Gasteiger partial charge is 0.478 e. The first kappa shape index (κ1) is 15.4. The van der Waals surface area contributed by atoms with E-state index in [0.717, 1.165) is 6.26 Å². The van der Waals surface area contributed by atoms with Crippen molar-refractivity contribution in [2.75, 3.05) is 18.6 Å². The average Bonchev–Trinajstić information content (AvgIpc) is 2.16. The molecule has 96 valence electrons. The first-order valence-corrected chi connectivity index (χ1v) is 6.51. The highest BCUT2D eigenvalue weighted by molar-refractivity contribution is 7.85. The molecule has 1 aromatic carbocycles. The van der Waals surface area contributed by atoms with Gasteiger partial charge in [-0.1, -0.05) is 12.1 Å². The van der Waals surface area contributed by atoms with Crippen molar-refractivity contribution >= 4 is 21.8 Å². The predicted molar refractivity (Wildman–Crippen MR) is 64.3 cm³/mol. The summed E-state index contributed by atoms with van der Waals surface area (Å²) in [6.07, 6.45) is 1.02. The van der Waals surface area contributed by atoms with Gasteiger partial charge < -0.3 is 10.8 Å². The highest BCUT2D eigenvalue weighted by atomic mass is 32.2. The lowest BCUT2D eigenvalue weighted by Gasteiger charge is -1.96. The summed E-state index contributed by atoms with van der Waals surface area (Å²) in [5.74, 6) is -0.988. The number of para-hydroxylation sites is 1. The lowest BCUT2D eigenvalue weighted by molar-refractivity contribution is 0.0698. The molecule has 0 aliphatic rings. The number of benzene rings is 1. The smallest absolute Gasteiger partial charge is 0.337 e. The molecule has 0 fully saturated rings. The number of aromatic carboxylic acids is 1. The van der Waals surface area contributed by atoms with Gasteiger partial charge in [0, 0.05) is 5.69 Å². The van der Waals surface area contributed by atoms with Crippen LogP contribution in [0.2, 0.25) is 0 Å². The van der Waals surface area contributed by atoms with Gasteiger partial charge in [-0.25, -0.2) is 4.79 Å². The van der Waals surface area contributed by atoms with Crippen molar-refractivity contribution in [3.63, 3.8) is 0 Å². The van der Waals surface area contributed by atoms with E-state index in [9.17, 15) is 13.2 Å². The fourth-order valence-electron chi connectivity index (χ4n) is 0.906. The van der Waals surface area contributed by atoms with Crippen LogP contribution in [0.5, 0.6) is 0 Å². The zero-order valence-electron chi connectivity index (χ0n) is 9.58. The molecule has 0 radical (unpaired) electrons. The molecule has 1 rings (SSSR count). The van der Waals surface area contributed by atoms with Crippen LogP contribution in [-0.2, 0) is 14.3 Å². The molecule has 0 aromatic heterocycles. The van der Waals surface area contributed by atoms with E-state index in [4.69, 9.17) is 10.8 Å². The van der Waals surface area contributed by atoms with Crippen molar-refractivity contribution in [2.45, 2.75) is 6.92 Å². The fraction of sp³-hybridized carbons (Fsp3) is 0.300. The van der Waals surface area contributed by atoms with E-state index in [1.807, 2.05) is 0 Å². The van der Waals surface area contributed by atoms with Crippen molar-refractivity contribution < 1.29 is 22.5 Å². The molecule has 1 aromatic rings. The molecule has 0 atom stereocenters. The lowest BCUT2D eigenvalue weighted by atomic mass is 10.2. The van der Waals surface area contributed by atoms with Gasteiger partial charge in [-0.3, -0.25) is 4.18 Å². The second-order valence-corrected chi connectivity index (χ2v) is 4.65. The first-order valence-electron chi connectivity index (χ1n) is 4.70. The Morgan fingerprint density at radius 2 is 1.94 bits per heavy atom. The second kappa shape index (κ2) is 6.87. The van der Waals surface area contributed by atoms with Gasteiger partial charge in [-0.15, -0.1) is 0 Å². The Kier molecular flexibility index (Phi) is 6.22. The topological polar surface area (TPSA) is 107 Å². The van der Waals surface area contributed by atoms with Gasteiger partial charge in [0.15, 0.2) is 0 Å². The standard InChI is InChI=1S/C7H7NO2.C3H8O3S/c8-6-4-2-1-3-5(6)7(9)10;1-3-6-7(2,4)5/h1-4H,8H2,(H,9,10);3H2,1-2H3. The molecule has 7 heteroatoms. The summed E-state index contributed by atoms with van der Waals surface area (Å²) in [5.41, 5.74) is 5.80. The van der Waals surface area contributed by atoms with Crippen LogP contribution >= 0.6 is 0 Å². The number of carboxylic acid groups (broad SMARTS) is 1. The number of hydrogen-bond donors (Lipinski definition) is 2. The molecule has 0 bridgehead atoms. The van der Waals surface area contributed by atoms with E-state index in [2.05, 4.69) is 4.18 Å². The van der Waals surface area contributed by atoms with E-state index < -0.39 is 16.1 Å². The Labute approximate surface area is 100 Å². The van der Waals surface area contributed by atoms with E-state index >= 15 is 0 Å². The summed E-state index contributed by atoms with van der Waals surface area (Å²) in [4.78, 5) is 10.3. The van der Waals surface area contributed by atoms with Crippen LogP contribution in [0.25, 0.3) is 0 Å². The normalized spacial score (nSPS) is 10.2. The van der Waals surface area contributed by atoms with Crippen molar-refractivity contribution in [2.24, 2.45) is 0 Å². The third-order valence-electron chi connectivity index (χ3n) is 1.52. The monoisotopic (exact) mass is 261 g/mol. The summed E-state index contributed by atoms with van der Waals surface area (Å²) in [7, 11) is -3.17. The Bertz CT molecular complexity index is 469. The van der Waals surface area contributed by atoms with Gasteiger partial charge >= 0.3 is 5.97 Å². The second-order valence-electron chi connectivity index (χ2n) is 3.00. The van der Waals surface area contributed by atoms with E-state index in [-0.39, 0.29) is 12.2 Å². The summed E-state index contributed by atoms with van der Waals surface area (Å²) < 4.78 is 24.2. The SMILES string of the molecule is CCOS(C)(=O)=O.Nc1ccccc1C(=O)O. The van der Waals surface area contributed by atoms with Crippen molar-refractivity contribution in [3.8, 4) is 0 Å². The Hall–Kier alpha value is -1.60. The molecule has 17 heavy (non-hydrogen) atoms. The van der Waals surface area contributed by atoms with Crippen LogP contribution in [0.3, 0.4) is 0 Å². The zero-order chi connectivity index (χ0) is 13.5. The van der Waals surface area contributed by atoms with Crippen molar-refractivity contribution in [3.05, 3.63) is 29.8 Å². The molecule has 0 amide bonds. The molecule has 3 N–H and O–H groups in total. The third-order valence-corrected chi connectivity index (χ3v) is 2.19. The zero-order valence-corrected chi connectivity index (χ0v) is 10.4. The van der Waals surface area contributed by atoms with E-state index in [0.29, 0.717) is 5.69 Å². The van der Waals surface area contributed by atoms with Gasteiger partial charge in [0.2, 0.25) is 0 Å². The fourth-order valence-corrected chi connectivity index (χ4v) is 1.33. The van der Waals surface area contributed by atoms with Gasteiger partial charge in [-0.05, 0) is 19.1 Å². The van der Waals surface area contributed by atoms with Crippen molar-refractivity contribution in [1.82, 2.24) is 0 Å². The number of anilines is 1. The number of nitrogens with two attached hydrogens (primary N) is 1. The van der Waals surface area contributed by atoms with Crippen LogP contribution in [0.1, 0.15) is 17.3 Å². The Morgan fingerprint density at radius 1 is 1.41 bits per heavy atom. The minimum Gasteiger partial charge on any atom is -0.478 e. The molecule has 0 heterocycles. The van der Waals surface area contributed by atoms with Crippen LogP contribution < -0.4 is 5.73 Å². The molecular formula is C10H15NO5S. The minimum atomic E-state index is -3.17. The maximum absolute atomic E-state index is 10.3. The maximum Gasteiger partial charge on any atom is 0.337 e. The first-order chi connectivity index (χ1) is 7.78. The van der Waals surface area contributed by atoms with Gasteiger partial charge in [-0.2, -0.15) is 8.42 Å². The number of rotatable bonds is 3. The minimum absolute atomic E-state index is 0.155. The van der Waals surface area contributed by atoms with Crippen LogP contribution in [0.4, 0.5) is 5.69 Å². The van der Waals surface area contributed by atoms with Gasteiger partial charge in [0.05, 0.1) is 18.4 Å². The molecule has 0 saturated carbocycles. The molecule has 0 aliphatic carbocycles. The molecular weight excluding hydrogens is 246 g/mol. The summed E-state index contributed by atoms with van der Waals surface area (Å²) in [6.45, 7) is 1.85. The third kappa shape index (κ3) is 7.31. The maximum atomic E-state index is 10.3. The van der Waals surface area contributed by atoms with Crippen LogP contribution in [-0.4, -0.2) is 32.4 Å². The predicted octanol–water partition coefficient (Wildman–Crippen LogP) is 0.949. The van der Waals surface area contributed by atoms with E-state index in [1.54, 1.807) is 25.1 Å². The molecule has 0 aliphatic heterocycles.